The van der Waals surface area contributed by atoms with Crippen LogP contribution in [0, 0.1) is 6.92 Å². The van der Waals surface area contributed by atoms with Crippen molar-refractivity contribution in [3.63, 3.8) is 0 Å². The van der Waals surface area contributed by atoms with Crippen molar-refractivity contribution < 1.29 is 9.21 Å². The fraction of sp³-hybridized carbons (Fsp3) is 0.529. The molecule has 2 aromatic rings. The molecule has 4 heterocycles. The Labute approximate surface area is 129 Å². The first kappa shape index (κ1) is 13.8. The Bertz CT molecular complexity index is 712. The van der Waals surface area contributed by atoms with Crippen LogP contribution in [0.25, 0.3) is 11.1 Å². The van der Waals surface area contributed by atoms with Gasteiger partial charge in [-0.15, -0.1) is 0 Å². The highest BCUT2D eigenvalue weighted by Gasteiger charge is 2.37. The molecule has 4 rings (SSSR count). The molecule has 0 aliphatic carbocycles. The smallest absolute Gasteiger partial charge is 0.289 e. The Morgan fingerprint density at radius 2 is 2.05 bits per heavy atom. The summed E-state index contributed by atoms with van der Waals surface area (Å²) in [5.41, 5.74) is 2.35. The second-order valence-electron chi connectivity index (χ2n) is 6.63. The van der Waals surface area contributed by atoms with Crippen molar-refractivity contribution in [2.75, 3.05) is 7.05 Å². The van der Waals surface area contributed by atoms with Crippen LogP contribution < -0.4 is 5.32 Å². The molecule has 2 saturated heterocycles. The molecule has 1 amide bonds. The van der Waals surface area contributed by atoms with Crippen LogP contribution >= 0.6 is 0 Å². The minimum Gasteiger partial charge on any atom is -0.449 e. The zero-order chi connectivity index (χ0) is 15.3. The molecule has 1 N–H and O–H groups in total. The van der Waals surface area contributed by atoms with Crippen molar-refractivity contribution in [3.8, 4) is 0 Å². The van der Waals surface area contributed by atoms with E-state index in [0.717, 1.165) is 24.1 Å². The number of hydrogen-bond donors (Lipinski definition) is 1. The largest absolute Gasteiger partial charge is 0.449 e. The standard InChI is InChI=1S/C17H21N3O2/c1-10-3-6-15-14(18-10)9-16(22-15)17(21)20(2)13-7-11-4-5-12(8-13)19-11/h3,6,9,11-13,19H,4-5,7-8H2,1-2H3. The average molecular weight is 299 g/mol. The molecule has 2 aliphatic heterocycles. The minimum absolute atomic E-state index is 0.0399. The number of amides is 1. The first-order valence-electron chi connectivity index (χ1n) is 8.00. The van der Waals surface area contributed by atoms with Gasteiger partial charge in [0.05, 0.1) is 0 Å². The van der Waals surface area contributed by atoms with E-state index in [-0.39, 0.29) is 5.91 Å². The zero-order valence-electron chi connectivity index (χ0n) is 13.0. The Morgan fingerprint density at radius 3 is 2.77 bits per heavy atom. The summed E-state index contributed by atoms with van der Waals surface area (Å²) in [4.78, 5) is 19.0. The molecular formula is C17H21N3O2. The molecule has 2 atom stereocenters. The van der Waals surface area contributed by atoms with Gasteiger partial charge in [-0.25, -0.2) is 4.98 Å². The predicted molar refractivity (Wildman–Crippen MR) is 83.8 cm³/mol. The molecule has 0 radical (unpaired) electrons. The number of hydrogen-bond acceptors (Lipinski definition) is 4. The number of carbonyl (C=O) groups excluding carboxylic acids is 1. The van der Waals surface area contributed by atoms with E-state index in [1.54, 1.807) is 6.07 Å². The zero-order valence-corrected chi connectivity index (χ0v) is 13.0. The molecule has 2 fully saturated rings. The highest BCUT2D eigenvalue weighted by Crippen LogP contribution is 2.30. The van der Waals surface area contributed by atoms with Crippen molar-refractivity contribution >= 4 is 17.0 Å². The van der Waals surface area contributed by atoms with Gasteiger partial charge in [0, 0.05) is 36.9 Å². The van der Waals surface area contributed by atoms with Gasteiger partial charge in [0.2, 0.25) is 0 Å². The summed E-state index contributed by atoms with van der Waals surface area (Å²) in [6, 6.07) is 6.97. The van der Waals surface area contributed by atoms with Crippen LogP contribution in [0.2, 0.25) is 0 Å². The monoisotopic (exact) mass is 299 g/mol. The lowest BCUT2D eigenvalue weighted by molar-refractivity contribution is 0.0652. The summed E-state index contributed by atoms with van der Waals surface area (Å²) in [6.45, 7) is 1.94. The molecule has 5 heteroatoms. The third-order valence-corrected chi connectivity index (χ3v) is 5.04. The Morgan fingerprint density at radius 1 is 1.32 bits per heavy atom. The fourth-order valence-electron chi connectivity index (χ4n) is 3.81. The third kappa shape index (κ3) is 2.29. The third-order valence-electron chi connectivity index (χ3n) is 5.04. The van der Waals surface area contributed by atoms with E-state index >= 15 is 0 Å². The van der Waals surface area contributed by atoms with Gasteiger partial charge >= 0.3 is 0 Å². The number of nitrogens with zero attached hydrogens (tertiary/aromatic N) is 2. The van der Waals surface area contributed by atoms with E-state index in [1.165, 1.54) is 12.8 Å². The number of carbonyl (C=O) groups is 1. The van der Waals surface area contributed by atoms with Crippen LogP contribution in [0.3, 0.4) is 0 Å². The summed E-state index contributed by atoms with van der Waals surface area (Å²) in [5, 5.41) is 3.61. The Kier molecular flexibility index (Phi) is 3.18. The SMILES string of the molecule is Cc1ccc2oc(C(=O)N(C)C3CC4CCC(C3)N4)cc2n1. The van der Waals surface area contributed by atoms with Gasteiger partial charge < -0.3 is 14.6 Å². The molecule has 2 aromatic heterocycles. The predicted octanol–water partition coefficient (Wildman–Crippen LogP) is 2.49. The van der Waals surface area contributed by atoms with Gasteiger partial charge in [-0.05, 0) is 44.7 Å². The summed E-state index contributed by atoms with van der Waals surface area (Å²) in [7, 11) is 1.89. The minimum atomic E-state index is -0.0399. The number of furan rings is 1. The highest BCUT2D eigenvalue weighted by molar-refractivity contribution is 5.95. The summed E-state index contributed by atoms with van der Waals surface area (Å²) in [5.74, 6) is 0.350. The topological polar surface area (TPSA) is 58.4 Å². The quantitative estimate of drug-likeness (QED) is 0.925. The normalized spacial score (nSPS) is 27.3. The number of aryl methyl sites for hydroxylation is 1. The molecular weight excluding hydrogens is 278 g/mol. The Hall–Kier alpha value is -1.88. The number of fused-ring (bicyclic) bond motifs is 3. The maximum atomic E-state index is 12.7. The summed E-state index contributed by atoms with van der Waals surface area (Å²) < 4.78 is 5.70. The lowest BCUT2D eigenvalue weighted by atomic mass is 9.98. The molecule has 0 saturated carbocycles. The van der Waals surface area contributed by atoms with E-state index in [1.807, 2.05) is 31.0 Å². The fourth-order valence-corrected chi connectivity index (χ4v) is 3.81. The van der Waals surface area contributed by atoms with E-state index < -0.39 is 0 Å². The lowest BCUT2D eigenvalue weighted by Gasteiger charge is -2.35. The van der Waals surface area contributed by atoms with Crippen molar-refractivity contribution in [2.45, 2.75) is 50.7 Å². The summed E-state index contributed by atoms with van der Waals surface area (Å²) in [6.07, 6.45) is 4.54. The second kappa shape index (κ2) is 5.09. The van der Waals surface area contributed by atoms with Gasteiger partial charge in [-0.3, -0.25) is 4.79 Å². The van der Waals surface area contributed by atoms with Gasteiger partial charge in [0.25, 0.3) is 5.91 Å². The maximum absolute atomic E-state index is 12.7. The molecule has 2 aliphatic rings. The van der Waals surface area contributed by atoms with Crippen LogP contribution in [-0.4, -0.2) is 41.0 Å². The lowest BCUT2D eigenvalue weighted by Crippen LogP contribution is -2.48. The first-order chi connectivity index (χ1) is 10.6. The number of rotatable bonds is 2. The van der Waals surface area contributed by atoms with E-state index in [9.17, 15) is 4.79 Å². The molecule has 2 bridgehead atoms. The molecule has 0 aromatic carbocycles. The van der Waals surface area contributed by atoms with E-state index in [2.05, 4.69) is 10.3 Å². The Balaban J connectivity index is 1.56. The van der Waals surface area contributed by atoms with Gasteiger partial charge in [-0.1, -0.05) is 0 Å². The van der Waals surface area contributed by atoms with E-state index in [0.29, 0.717) is 29.5 Å². The van der Waals surface area contributed by atoms with Crippen molar-refractivity contribution in [3.05, 3.63) is 29.7 Å². The molecule has 116 valence electrons. The van der Waals surface area contributed by atoms with Gasteiger partial charge in [0.15, 0.2) is 11.3 Å². The second-order valence-corrected chi connectivity index (χ2v) is 6.63. The molecule has 2 unspecified atom stereocenters. The number of piperidine rings is 1. The molecule has 5 nitrogen and oxygen atoms in total. The highest BCUT2D eigenvalue weighted by atomic mass is 16.3. The molecule has 22 heavy (non-hydrogen) atoms. The van der Waals surface area contributed by atoms with Gasteiger partial charge in [-0.2, -0.15) is 0 Å². The van der Waals surface area contributed by atoms with Crippen LogP contribution in [0.1, 0.15) is 41.9 Å². The van der Waals surface area contributed by atoms with Crippen LogP contribution in [-0.2, 0) is 0 Å². The van der Waals surface area contributed by atoms with Crippen LogP contribution in [0.15, 0.2) is 22.6 Å². The summed E-state index contributed by atoms with van der Waals surface area (Å²) >= 11 is 0. The maximum Gasteiger partial charge on any atom is 0.289 e. The first-order valence-corrected chi connectivity index (χ1v) is 8.00. The average Bonchev–Trinajstić information content (AvgIpc) is 3.08. The van der Waals surface area contributed by atoms with Gasteiger partial charge in [0.1, 0.15) is 5.52 Å². The van der Waals surface area contributed by atoms with Crippen LogP contribution in [0.4, 0.5) is 0 Å². The van der Waals surface area contributed by atoms with Crippen molar-refractivity contribution in [1.82, 2.24) is 15.2 Å². The van der Waals surface area contributed by atoms with Crippen molar-refractivity contribution in [2.24, 2.45) is 0 Å². The number of aromatic nitrogens is 1. The van der Waals surface area contributed by atoms with Crippen LogP contribution in [0.5, 0.6) is 0 Å². The van der Waals surface area contributed by atoms with E-state index in [4.69, 9.17) is 4.42 Å². The number of pyridine rings is 1. The van der Waals surface area contributed by atoms with Crippen molar-refractivity contribution in [1.29, 1.82) is 0 Å². The molecule has 0 spiro atoms. The number of nitrogens with one attached hydrogen (secondary N) is 1.